The van der Waals surface area contributed by atoms with E-state index in [1.165, 1.54) is 12.1 Å². The lowest BCUT2D eigenvalue weighted by Crippen LogP contribution is -2.46. The van der Waals surface area contributed by atoms with Crippen molar-refractivity contribution in [1.82, 2.24) is 10.2 Å². The van der Waals surface area contributed by atoms with Crippen molar-refractivity contribution in [1.29, 1.82) is 0 Å². The summed E-state index contributed by atoms with van der Waals surface area (Å²) in [5.41, 5.74) is 10.4. The summed E-state index contributed by atoms with van der Waals surface area (Å²) in [5, 5.41) is 3.31. The van der Waals surface area contributed by atoms with Crippen LogP contribution in [0.1, 0.15) is 69.7 Å². The van der Waals surface area contributed by atoms with E-state index in [1.54, 1.807) is 23.1 Å². The number of amides is 1. The third-order valence-corrected chi connectivity index (χ3v) is 7.01. The molecular formula is C35H43F2N3O3. The number of nitrogens with zero attached hydrogens (tertiary/aromatic N) is 1. The van der Waals surface area contributed by atoms with Gasteiger partial charge in [-0.05, 0) is 85.2 Å². The van der Waals surface area contributed by atoms with Gasteiger partial charge in [-0.2, -0.15) is 0 Å². The van der Waals surface area contributed by atoms with Gasteiger partial charge in [-0.3, -0.25) is 4.79 Å². The van der Waals surface area contributed by atoms with E-state index in [1.807, 2.05) is 45.0 Å². The summed E-state index contributed by atoms with van der Waals surface area (Å²) in [6, 6.07) is 15.5. The third-order valence-electron chi connectivity index (χ3n) is 7.01. The van der Waals surface area contributed by atoms with E-state index in [0.717, 1.165) is 42.0 Å². The van der Waals surface area contributed by atoms with Gasteiger partial charge < -0.3 is 20.7 Å². The molecule has 1 amide bonds. The minimum atomic E-state index is -0.827. The molecule has 8 heteroatoms. The molecule has 3 aromatic carbocycles. The third kappa shape index (κ3) is 10.4. The van der Waals surface area contributed by atoms with Gasteiger partial charge in [0.15, 0.2) is 0 Å². The number of nitrogens with one attached hydrogen (secondary N) is 1. The summed E-state index contributed by atoms with van der Waals surface area (Å²) in [5.74, 6) is -2.17. The molecule has 6 nitrogen and oxygen atoms in total. The lowest BCUT2D eigenvalue weighted by molar-refractivity contribution is 0.0238. The van der Waals surface area contributed by atoms with Crippen molar-refractivity contribution in [2.45, 2.75) is 65.1 Å². The molecule has 3 N–H and O–H groups in total. The van der Waals surface area contributed by atoms with Crippen molar-refractivity contribution in [3.8, 4) is 0 Å². The standard InChI is InChI=1S/C35H43F2N3O3/c1-5-9-25-10-8-11-26(16-25)22-39-23-33(32(38)19-27-17-30(36)21-31(37)18-27)43-35(42)29-15-24(4)14-28(20-29)34(41)40(12-6-2)13-7-3/h5,8,10-11,14-18,20-21,32-33,39H,1,6-7,9,12-13,19,22-23,38H2,2-4H3. The molecule has 3 rings (SSSR count). The highest BCUT2D eigenvalue weighted by molar-refractivity contribution is 5.98. The number of nitrogens with two attached hydrogens (primary N) is 1. The zero-order valence-corrected chi connectivity index (χ0v) is 25.4. The van der Waals surface area contributed by atoms with Crippen LogP contribution in [0.4, 0.5) is 8.78 Å². The highest BCUT2D eigenvalue weighted by atomic mass is 19.1. The number of hydrogen-bond acceptors (Lipinski definition) is 5. The maximum absolute atomic E-state index is 13.9. The smallest absolute Gasteiger partial charge is 0.338 e. The molecule has 0 saturated carbocycles. The largest absolute Gasteiger partial charge is 0.456 e. The number of allylic oxidation sites excluding steroid dienone is 1. The second kappa shape index (κ2) is 16.7. The maximum Gasteiger partial charge on any atom is 0.338 e. The Morgan fingerprint density at radius 3 is 2.26 bits per heavy atom. The highest BCUT2D eigenvalue weighted by Crippen LogP contribution is 2.17. The van der Waals surface area contributed by atoms with Gasteiger partial charge in [0.1, 0.15) is 17.7 Å². The summed E-state index contributed by atoms with van der Waals surface area (Å²) in [7, 11) is 0. The number of esters is 1. The molecule has 0 heterocycles. The van der Waals surface area contributed by atoms with Gasteiger partial charge in [0.25, 0.3) is 5.91 Å². The number of benzene rings is 3. The van der Waals surface area contributed by atoms with Crippen LogP contribution in [0.3, 0.4) is 0 Å². The summed E-state index contributed by atoms with van der Waals surface area (Å²) >= 11 is 0. The second-order valence-corrected chi connectivity index (χ2v) is 10.9. The normalized spacial score (nSPS) is 12.4. The van der Waals surface area contributed by atoms with E-state index < -0.39 is 29.7 Å². The minimum absolute atomic E-state index is 0.0870. The molecule has 0 bridgehead atoms. The van der Waals surface area contributed by atoms with E-state index in [9.17, 15) is 18.4 Å². The van der Waals surface area contributed by atoms with Gasteiger partial charge in [0.05, 0.1) is 5.56 Å². The molecule has 0 aromatic heterocycles. The fraction of sp³-hybridized carbons (Fsp3) is 0.371. The number of rotatable bonds is 16. The van der Waals surface area contributed by atoms with Gasteiger partial charge in [0, 0.05) is 43.9 Å². The Morgan fingerprint density at radius 2 is 1.60 bits per heavy atom. The predicted octanol–water partition coefficient (Wildman–Crippen LogP) is 6.15. The first kappa shape index (κ1) is 33.6. The molecule has 43 heavy (non-hydrogen) atoms. The van der Waals surface area contributed by atoms with Crippen molar-refractivity contribution in [3.05, 3.63) is 118 Å². The summed E-state index contributed by atoms with van der Waals surface area (Å²) in [6.45, 7) is 11.6. The molecule has 0 fully saturated rings. The molecule has 0 aliphatic carbocycles. The average Bonchev–Trinajstić information content (AvgIpc) is 2.95. The van der Waals surface area contributed by atoms with E-state index >= 15 is 0 Å². The van der Waals surface area contributed by atoms with E-state index in [-0.39, 0.29) is 24.4 Å². The minimum Gasteiger partial charge on any atom is -0.456 e. The molecule has 0 saturated heterocycles. The first-order valence-corrected chi connectivity index (χ1v) is 14.8. The molecule has 0 radical (unpaired) electrons. The van der Waals surface area contributed by atoms with Gasteiger partial charge in [-0.25, -0.2) is 13.6 Å². The van der Waals surface area contributed by atoms with Gasteiger partial charge in [-0.15, -0.1) is 6.58 Å². The molecule has 2 unspecified atom stereocenters. The SMILES string of the molecule is C=CCc1cccc(CNCC(OC(=O)c2cc(C)cc(C(=O)N(CCC)CCC)c2)C(N)Cc2cc(F)cc(F)c2)c1. The van der Waals surface area contributed by atoms with Crippen LogP contribution in [-0.4, -0.2) is 48.6 Å². The van der Waals surface area contributed by atoms with Crippen LogP contribution in [0, 0.1) is 18.6 Å². The number of ether oxygens (including phenoxy) is 1. The Labute approximate surface area is 253 Å². The van der Waals surface area contributed by atoms with E-state index in [4.69, 9.17) is 10.5 Å². The monoisotopic (exact) mass is 591 g/mol. The Bertz CT molecular complexity index is 1370. The fourth-order valence-corrected chi connectivity index (χ4v) is 5.07. The molecule has 3 aromatic rings. The van der Waals surface area contributed by atoms with Crippen molar-refractivity contribution >= 4 is 11.9 Å². The summed E-state index contributed by atoms with van der Waals surface area (Å²) < 4.78 is 33.7. The first-order valence-electron chi connectivity index (χ1n) is 14.8. The van der Waals surface area contributed by atoms with E-state index in [2.05, 4.69) is 18.0 Å². The first-order chi connectivity index (χ1) is 20.6. The number of carbonyl (C=O) groups excluding carboxylic acids is 2. The zero-order valence-electron chi connectivity index (χ0n) is 25.4. The molecule has 0 aliphatic rings. The van der Waals surface area contributed by atoms with Gasteiger partial charge in [-0.1, -0.05) is 44.2 Å². The van der Waals surface area contributed by atoms with Crippen LogP contribution in [0.2, 0.25) is 0 Å². The van der Waals surface area contributed by atoms with Crippen LogP contribution >= 0.6 is 0 Å². The topological polar surface area (TPSA) is 84.7 Å². The van der Waals surface area contributed by atoms with Crippen LogP contribution in [0.25, 0.3) is 0 Å². The quantitative estimate of drug-likeness (QED) is 0.154. The Kier molecular flexibility index (Phi) is 13.0. The number of halogens is 2. The van der Waals surface area contributed by atoms with Crippen LogP contribution in [-0.2, 0) is 24.1 Å². The van der Waals surface area contributed by atoms with Crippen molar-refractivity contribution < 1.29 is 23.1 Å². The second-order valence-electron chi connectivity index (χ2n) is 10.9. The average molecular weight is 592 g/mol. The van der Waals surface area contributed by atoms with Crippen molar-refractivity contribution in [2.75, 3.05) is 19.6 Å². The Hall–Kier alpha value is -3.88. The number of carbonyl (C=O) groups is 2. The van der Waals surface area contributed by atoms with Gasteiger partial charge >= 0.3 is 5.97 Å². The maximum atomic E-state index is 13.9. The summed E-state index contributed by atoms with van der Waals surface area (Å²) in [4.78, 5) is 28.5. The van der Waals surface area contributed by atoms with Crippen LogP contribution in [0.5, 0.6) is 0 Å². The Morgan fingerprint density at radius 1 is 0.953 bits per heavy atom. The fourth-order valence-electron chi connectivity index (χ4n) is 5.07. The van der Waals surface area contributed by atoms with Crippen LogP contribution < -0.4 is 11.1 Å². The highest BCUT2D eigenvalue weighted by Gasteiger charge is 2.25. The number of hydrogen-bond donors (Lipinski definition) is 2. The molecule has 2 atom stereocenters. The molecular weight excluding hydrogens is 548 g/mol. The zero-order chi connectivity index (χ0) is 31.4. The van der Waals surface area contributed by atoms with Crippen molar-refractivity contribution in [2.24, 2.45) is 5.73 Å². The Balaban J connectivity index is 1.81. The summed E-state index contributed by atoms with van der Waals surface area (Å²) in [6.07, 6.45) is 3.50. The molecule has 0 aliphatic heterocycles. The molecule has 0 spiro atoms. The number of aryl methyl sites for hydroxylation is 1. The van der Waals surface area contributed by atoms with Crippen molar-refractivity contribution in [3.63, 3.8) is 0 Å². The van der Waals surface area contributed by atoms with Gasteiger partial charge in [0.2, 0.25) is 0 Å². The predicted molar refractivity (Wildman–Crippen MR) is 167 cm³/mol. The van der Waals surface area contributed by atoms with Crippen LogP contribution in [0.15, 0.2) is 73.3 Å². The lowest BCUT2D eigenvalue weighted by atomic mass is 10.0. The lowest BCUT2D eigenvalue weighted by Gasteiger charge is -2.25. The molecule has 230 valence electrons. The van der Waals surface area contributed by atoms with E-state index in [0.29, 0.717) is 30.8 Å².